The molecule has 1 aliphatic rings. The molecule has 2 aromatic carbocycles. The molecule has 0 fully saturated rings. The number of carbonyl (C=O) groups is 4. The van der Waals surface area contributed by atoms with Crippen molar-refractivity contribution in [2.24, 2.45) is 0 Å². The first-order valence-electron chi connectivity index (χ1n) is 6.81. The van der Waals surface area contributed by atoms with Crippen molar-refractivity contribution in [3.05, 3.63) is 41.5 Å². The Morgan fingerprint density at radius 1 is 1.13 bits per heavy atom. The average molecular weight is 312 g/mol. The Morgan fingerprint density at radius 2 is 1.83 bits per heavy atom. The van der Waals surface area contributed by atoms with E-state index in [0.29, 0.717) is 21.4 Å². The van der Waals surface area contributed by atoms with E-state index >= 15 is 0 Å². The molecule has 0 spiro atoms. The van der Waals surface area contributed by atoms with Crippen molar-refractivity contribution >= 4 is 40.2 Å². The van der Waals surface area contributed by atoms with Crippen LogP contribution < -0.4 is 5.32 Å². The van der Waals surface area contributed by atoms with Gasteiger partial charge in [-0.15, -0.1) is 0 Å². The maximum atomic E-state index is 12.5. The van der Waals surface area contributed by atoms with Gasteiger partial charge in [0.05, 0.1) is 5.56 Å². The van der Waals surface area contributed by atoms with E-state index in [1.807, 2.05) is 0 Å². The van der Waals surface area contributed by atoms with Gasteiger partial charge in [0.2, 0.25) is 5.91 Å². The largest absolute Gasteiger partial charge is 0.480 e. The van der Waals surface area contributed by atoms with Crippen LogP contribution in [-0.2, 0) is 9.59 Å². The van der Waals surface area contributed by atoms with Gasteiger partial charge in [-0.05, 0) is 23.6 Å². The molecule has 0 bridgehead atoms. The molecule has 0 aliphatic carbocycles. The van der Waals surface area contributed by atoms with Gasteiger partial charge in [-0.2, -0.15) is 0 Å². The zero-order chi connectivity index (χ0) is 16.7. The first-order chi connectivity index (χ1) is 10.9. The summed E-state index contributed by atoms with van der Waals surface area (Å²) in [4.78, 5) is 47.7. The lowest BCUT2D eigenvalue weighted by atomic mass is 9.93. The summed E-state index contributed by atoms with van der Waals surface area (Å²) in [6.07, 6.45) is 0. The molecule has 23 heavy (non-hydrogen) atoms. The first-order valence-corrected chi connectivity index (χ1v) is 6.81. The van der Waals surface area contributed by atoms with Gasteiger partial charge in [0.25, 0.3) is 11.8 Å². The van der Waals surface area contributed by atoms with Gasteiger partial charge in [-0.3, -0.25) is 24.1 Å². The Kier molecular flexibility index (Phi) is 3.33. The third kappa shape index (κ3) is 2.42. The maximum Gasteiger partial charge on any atom is 0.323 e. The van der Waals surface area contributed by atoms with Crippen LogP contribution in [-0.4, -0.2) is 40.2 Å². The minimum Gasteiger partial charge on any atom is -0.480 e. The van der Waals surface area contributed by atoms with Gasteiger partial charge in [-0.1, -0.05) is 12.1 Å². The molecule has 116 valence electrons. The van der Waals surface area contributed by atoms with E-state index in [1.165, 1.54) is 13.0 Å². The molecule has 2 N–H and O–H groups in total. The SMILES string of the molecule is CC(=O)Nc1cc2c3c(cccc3c1)C(=O)N(CC(=O)O)C2=O. The third-order valence-electron chi connectivity index (χ3n) is 3.54. The second-order valence-corrected chi connectivity index (χ2v) is 5.20. The monoisotopic (exact) mass is 312 g/mol. The van der Waals surface area contributed by atoms with Crippen molar-refractivity contribution in [3.63, 3.8) is 0 Å². The fourth-order valence-corrected chi connectivity index (χ4v) is 2.71. The molecule has 0 radical (unpaired) electrons. The molecular weight excluding hydrogens is 300 g/mol. The Hall–Kier alpha value is -3.22. The Labute approximate surface area is 130 Å². The number of imide groups is 1. The van der Waals surface area contributed by atoms with Crippen molar-refractivity contribution in [1.82, 2.24) is 4.90 Å². The topological polar surface area (TPSA) is 104 Å². The molecule has 2 aromatic rings. The van der Waals surface area contributed by atoms with Crippen LogP contribution in [0.15, 0.2) is 30.3 Å². The molecule has 0 unspecified atom stereocenters. The number of carboxylic acid groups (broad SMARTS) is 1. The quantitative estimate of drug-likeness (QED) is 0.835. The van der Waals surface area contributed by atoms with Gasteiger partial charge >= 0.3 is 5.97 Å². The van der Waals surface area contributed by atoms with E-state index < -0.39 is 24.3 Å². The number of carboxylic acids is 1. The number of hydrogen-bond donors (Lipinski definition) is 2. The summed E-state index contributed by atoms with van der Waals surface area (Å²) >= 11 is 0. The number of carbonyl (C=O) groups excluding carboxylic acids is 3. The van der Waals surface area contributed by atoms with Crippen LogP contribution in [0, 0.1) is 0 Å². The first kappa shape index (κ1) is 14.7. The number of rotatable bonds is 3. The molecule has 7 heteroatoms. The zero-order valence-corrected chi connectivity index (χ0v) is 12.1. The molecule has 1 heterocycles. The smallest absolute Gasteiger partial charge is 0.323 e. The minimum absolute atomic E-state index is 0.197. The second kappa shape index (κ2) is 5.20. The highest BCUT2D eigenvalue weighted by atomic mass is 16.4. The van der Waals surface area contributed by atoms with Crippen LogP contribution in [0.25, 0.3) is 10.8 Å². The van der Waals surface area contributed by atoms with Crippen molar-refractivity contribution in [3.8, 4) is 0 Å². The summed E-state index contributed by atoms with van der Waals surface area (Å²) in [6, 6.07) is 8.04. The molecule has 0 saturated heterocycles. The predicted molar refractivity (Wildman–Crippen MR) is 81.3 cm³/mol. The van der Waals surface area contributed by atoms with E-state index in [9.17, 15) is 19.2 Å². The van der Waals surface area contributed by atoms with Crippen LogP contribution in [0.1, 0.15) is 27.6 Å². The standard InChI is InChI=1S/C16H12N2O5/c1-8(19)17-10-5-9-3-2-4-11-14(9)12(6-10)16(23)18(15(11)22)7-13(20)21/h2-6H,7H2,1H3,(H,17,19)(H,20,21). The van der Waals surface area contributed by atoms with E-state index in [2.05, 4.69) is 5.32 Å². The van der Waals surface area contributed by atoms with E-state index in [1.54, 1.807) is 24.3 Å². The summed E-state index contributed by atoms with van der Waals surface area (Å²) in [5.74, 6) is -2.90. The molecule has 3 rings (SSSR count). The highest BCUT2D eigenvalue weighted by Gasteiger charge is 2.34. The highest BCUT2D eigenvalue weighted by molar-refractivity contribution is 6.26. The molecule has 1 aliphatic heterocycles. The Bertz CT molecular complexity index is 887. The van der Waals surface area contributed by atoms with Gasteiger partial charge in [0.15, 0.2) is 0 Å². The highest BCUT2D eigenvalue weighted by Crippen LogP contribution is 2.32. The summed E-state index contributed by atoms with van der Waals surface area (Å²) in [5, 5.41) is 12.6. The van der Waals surface area contributed by atoms with Crippen molar-refractivity contribution in [2.45, 2.75) is 6.92 Å². The van der Waals surface area contributed by atoms with Gasteiger partial charge in [0.1, 0.15) is 6.54 Å². The van der Waals surface area contributed by atoms with E-state index in [4.69, 9.17) is 5.11 Å². The predicted octanol–water partition coefficient (Wildman–Crippen LogP) is 1.48. The molecule has 7 nitrogen and oxygen atoms in total. The maximum absolute atomic E-state index is 12.5. The summed E-state index contributed by atoms with van der Waals surface area (Å²) in [6.45, 7) is 0.631. The Morgan fingerprint density at radius 3 is 2.48 bits per heavy atom. The fourth-order valence-electron chi connectivity index (χ4n) is 2.71. The lowest BCUT2D eigenvalue weighted by Gasteiger charge is -2.26. The minimum atomic E-state index is -1.28. The third-order valence-corrected chi connectivity index (χ3v) is 3.54. The van der Waals surface area contributed by atoms with Crippen LogP contribution in [0.5, 0.6) is 0 Å². The molecule has 3 amide bonds. The molecular formula is C16H12N2O5. The summed E-state index contributed by atoms with van der Waals surface area (Å²) in [5.41, 5.74) is 0.880. The number of nitrogens with one attached hydrogen (secondary N) is 1. The summed E-state index contributed by atoms with van der Waals surface area (Å²) < 4.78 is 0. The average Bonchev–Trinajstić information content (AvgIpc) is 2.47. The number of anilines is 1. The summed E-state index contributed by atoms with van der Waals surface area (Å²) in [7, 11) is 0. The van der Waals surface area contributed by atoms with Crippen molar-refractivity contribution in [2.75, 3.05) is 11.9 Å². The van der Waals surface area contributed by atoms with E-state index in [0.717, 1.165) is 0 Å². The Balaban J connectivity index is 2.24. The van der Waals surface area contributed by atoms with Crippen LogP contribution in [0.4, 0.5) is 5.69 Å². The van der Waals surface area contributed by atoms with Crippen LogP contribution in [0.3, 0.4) is 0 Å². The molecule has 0 atom stereocenters. The van der Waals surface area contributed by atoms with Crippen LogP contribution >= 0.6 is 0 Å². The van der Waals surface area contributed by atoms with Crippen molar-refractivity contribution < 1.29 is 24.3 Å². The van der Waals surface area contributed by atoms with E-state index in [-0.39, 0.29) is 17.0 Å². The number of hydrogen-bond acceptors (Lipinski definition) is 4. The van der Waals surface area contributed by atoms with Crippen molar-refractivity contribution in [1.29, 1.82) is 0 Å². The number of amides is 3. The molecule has 0 saturated carbocycles. The molecule has 0 aromatic heterocycles. The fraction of sp³-hybridized carbons (Fsp3) is 0.125. The number of benzene rings is 2. The lowest BCUT2D eigenvalue weighted by molar-refractivity contribution is -0.137. The number of aliphatic carboxylic acids is 1. The normalized spacial score (nSPS) is 13.3. The van der Waals surface area contributed by atoms with Gasteiger partial charge < -0.3 is 10.4 Å². The number of nitrogens with zero attached hydrogens (tertiary/aromatic N) is 1. The second-order valence-electron chi connectivity index (χ2n) is 5.20. The zero-order valence-electron chi connectivity index (χ0n) is 12.1. The lowest BCUT2D eigenvalue weighted by Crippen LogP contribution is -2.43. The van der Waals surface area contributed by atoms with Gasteiger partial charge in [-0.25, -0.2) is 0 Å². The van der Waals surface area contributed by atoms with Gasteiger partial charge in [0, 0.05) is 23.6 Å². The van der Waals surface area contributed by atoms with Crippen LogP contribution in [0.2, 0.25) is 0 Å².